The number of hydrogen-bond acceptors (Lipinski definition) is 3. The molecule has 2 rings (SSSR count). The molecule has 1 fully saturated rings. The fourth-order valence-electron chi connectivity index (χ4n) is 2.90. The van der Waals surface area contributed by atoms with Gasteiger partial charge in [0.05, 0.1) is 26.3 Å². The Hall–Kier alpha value is -0.420. The summed E-state index contributed by atoms with van der Waals surface area (Å²) in [7, 11) is 0. The van der Waals surface area contributed by atoms with Crippen LogP contribution in [-0.2, 0) is 9.47 Å². The average molecular weight is 255 g/mol. The highest BCUT2D eigenvalue weighted by molar-refractivity contribution is 5.06. The molecule has 0 bridgehead atoms. The van der Waals surface area contributed by atoms with Crippen LogP contribution in [0.25, 0.3) is 0 Å². The highest BCUT2D eigenvalue weighted by Crippen LogP contribution is 2.35. The maximum absolute atomic E-state index is 12.8. The molecule has 0 N–H and O–H groups in total. The Labute approximate surface area is 110 Å². The van der Waals surface area contributed by atoms with Crippen molar-refractivity contribution < 1.29 is 14.1 Å². The van der Waals surface area contributed by atoms with Crippen LogP contribution < -0.4 is 0 Å². The Bertz CT molecular complexity index is 304. The molecule has 0 radical (unpaired) electrons. The average Bonchev–Trinajstić information content (AvgIpc) is 2.82. The van der Waals surface area contributed by atoms with E-state index in [1.165, 1.54) is 0 Å². The minimum atomic E-state index is -0.603. The quantitative estimate of drug-likeness (QED) is 0.575. The van der Waals surface area contributed by atoms with Crippen LogP contribution >= 0.6 is 0 Å². The van der Waals surface area contributed by atoms with Crippen LogP contribution in [0.5, 0.6) is 0 Å². The highest BCUT2D eigenvalue weighted by atomic mass is 16.7. The van der Waals surface area contributed by atoms with Gasteiger partial charge in [0, 0.05) is 18.9 Å². The number of hydroxylamine groups is 3. The molecule has 0 amide bonds. The van der Waals surface area contributed by atoms with Gasteiger partial charge in [-0.2, -0.15) is 0 Å². The van der Waals surface area contributed by atoms with Gasteiger partial charge in [-0.25, -0.2) is 0 Å². The maximum Gasteiger partial charge on any atom is 0.193 e. The van der Waals surface area contributed by atoms with Gasteiger partial charge in [-0.05, 0) is 26.7 Å². The molecule has 0 saturated carbocycles. The first-order valence-electron chi connectivity index (χ1n) is 7.22. The molecular formula is C14H25NO3. The molecule has 18 heavy (non-hydrogen) atoms. The molecule has 1 aliphatic carbocycles. The second kappa shape index (κ2) is 5.70. The van der Waals surface area contributed by atoms with Gasteiger partial charge in [0.1, 0.15) is 5.70 Å². The first kappa shape index (κ1) is 14.0. The van der Waals surface area contributed by atoms with Gasteiger partial charge in [-0.15, -0.1) is 0 Å². The summed E-state index contributed by atoms with van der Waals surface area (Å²) >= 11 is 0. The van der Waals surface area contributed by atoms with Crippen LogP contribution in [0.15, 0.2) is 11.8 Å². The standard InChI is InChI=1S/C14H25NO3/c1-3-15(16,4-2)13-8-6-5-7-9-14(12-13)17-10-11-18-14/h12H,3-11H2,1-2H3/b13-12+. The third-order valence-corrected chi connectivity index (χ3v) is 4.17. The molecule has 1 saturated heterocycles. The lowest BCUT2D eigenvalue weighted by Crippen LogP contribution is -2.43. The summed E-state index contributed by atoms with van der Waals surface area (Å²) in [6.45, 7) is 6.36. The van der Waals surface area contributed by atoms with Crippen molar-refractivity contribution in [1.82, 2.24) is 0 Å². The highest BCUT2D eigenvalue weighted by Gasteiger charge is 2.37. The summed E-state index contributed by atoms with van der Waals surface area (Å²) in [4.78, 5) is 0. The van der Waals surface area contributed by atoms with Gasteiger partial charge in [-0.1, -0.05) is 6.42 Å². The van der Waals surface area contributed by atoms with E-state index in [1.54, 1.807) is 0 Å². The molecule has 0 aromatic carbocycles. The van der Waals surface area contributed by atoms with Crippen molar-refractivity contribution in [2.45, 2.75) is 51.7 Å². The maximum atomic E-state index is 12.8. The molecule has 1 aliphatic heterocycles. The van der Waals surface area contributed by atoms with E-state index in [0.29, 0.717) is 26.3 Å². The summed E-state index contributed by atoms with van der Waals surface area (Å²) in [5.41, 5.74) is 0.946. The monoisotopic (exact) mass is 255 g/mol. The smallest absolute Gasteiger partial charge is 0.193 e. The summed E-state index contributed by atoms with van der Waals surface area (Å²) in [5, 5.41) is 12.8. The van der Waals surface area contributed by atoms with E-state index in [-0.39, 0.29) is 4.65 Å². The molecule has 4 nitrogen and oxygen atoms in total. The number of ether oxygens (including phenoxy) is 2. The van der Waals surface area contributed by atoms with Crippen molar-refractivity contribution in [2.24, 2.45) is 0 Å². The molecule has 1 spiro atoms. The second-order valence-corrected chi connectivity index (χ2v) is 5.23. The van der Waals surface area contributed by atoms with Gasteiger partial charge in [0.15, 0.2) is 5.79 Å². The fraction of sp³-hybridized carbons (Fsp3) is 0.857. The molecule has 0 unspecified atom stereocenters. The lowest BCUT2D eigenvalue weighted by molar-refractivity contribution is -0.840. The van der Waals surface area contributed by atoms with E-state index in [1.807, 2.05) is 19.9 Å². The predicted octanol–water partition coefficient (Wildman–Crippen LogP) is 2.93. The number of allylic oxidation sites excluding steroid dienone is 1. The zero-order valence-corrected chi connectivity index (χ0v) is 11.6. The van der Waals surface area contributed by atoms with Crippen molar-refractivity contribution in [3.63, 3.8) is 0 Å². The Morgan fingerprint density at radius 1 is 1.17 bits per heavy atom. The van der Waals surface area contributed by atoms with Crippen molar-refractivity contribution in [2.75, 3.05) is 26.3 Å². The van der Waals surface area contributed by atoms with Gasteiger partial charge in [-0.3, -0.25) is 0 Å². The number of nitrogens with zero attached hydrogens (tertiary/aromatic N) is 1. The van der Waals surface area contributed by atoms with Gasteiger partial charge >= 0.3 is 0 Å². The largest absolute Gasteiger partial charge is 0.628 e. The van der Waals surface area contributed by atoms with Crippen LogP contribution in [0, 0.1) is 5.21 Å². The van der Waals surface area contributed by atoms with Crippen LogP contribution in [0.1, 0.15) is 46.0 Å². The summed E-state index contributed by atoms with van der Waals surface area (Å²) < 4.78 is 11.3. The first-order valence-corrected chi connectivity index (χ1v) is 7.22. The number of hydrogen-bond donors (Lipinski definition) is 0. The molecule has 0 atom stereocenters. The number of rotatable bonds is 3. The summed E-state index contributed by atoms with van der Waals surface area (Å²) in [5.74, 6) is -0.603. The van der Waals surface area contributed by atoms with E-state index < -0.39 is 5.79 Å². The molecule has 1 heterocycles. The first-order chi connectivity index (χ1) is 8.64. The van der Waals surface area contributed by atoms with Crippen LogP contribution in [-0.4, -0.2) is 36.7 Å². The van der Waals surface area contributed by atoms with Crippen molar-refractivity contribution >= 4 is 0 Å². The van der Waals surface area contributed by atoms with E-state index in [2.05, 4.69) is 0 Å². The lowest BCUT2D eigenvalue weighted by atomic mass is 9.98. The lowest BCUT2D eigenvalue weighted by Gasteiger charge is -2.44. The van der Waals surface area contributed by atoms with Crippen LogP contribution in [0.4, 0.5) is 0 Å². The molecule has 0 aromatic heterocycles. The second-order valence-electron chi connectivity index (χ2n) is 5.23. The fourth-order valence-corrected chi connectivity index (χ4v) is 2.90. The van der Waals surface area contributed by atoms with E-state index in [9.17, 15) is 5.21 Å². The number of quaternary nitrogens is 1. The third-order valence-electron chi connectivity index (χ3n) is 4.17. The van der Waals surface area contributed by atoms with E-state index in [4.69, 9.17) is 9.47 Å². The van der Waals surface area contributed by atoms with Gasteiger partial charge < -0.3 is 19.3 Å². The minimum Gasteiger partial charge on any atom is -0.628 e. The summed E-state index contributed by atoms with van der Waals surface area (Å²) in [6.07, 6.45) is 7.12. The molecule has 4 heteroatoms. The third kappa shape index (κ3) is 2.77. The molecular weight excluding hydrogens is 230 g/mol. The zero-order chi connectivity index (χ0) is 13.1. The SMILES string of the molecule is CC[N+]([O-])(CC)/C1=C/C2(CCCCC1)OCCO2. The normalized spacial score (nSPS) is 27.6. The van der Waals surface area contributed by atoms with Crippen LogP contribution in [0.3, 0.4) is 0 Å². The molecule has 104 valence electrons. The van der Waals surface area contributed by atoms with Gasteiger partial charge in [0.2, 0.25) is 0 Å². The Balaban J connectivity index is 2.28. The van der Waals surface area contributed by atoms with Crippen molar-refractivity contribution in [3.05, 3.63) is 17.0 Å². The van der Waals surface area contributed by atoms with Gasteiger partial charge in [0.25, 0.3) is 0 Å². The van der Waals surface area contributed by atoms with Crippen molar-refractivity contribution in [3.8, 4) is 0 Å². The molecule has 2 aliphatic rings. The Morgan fingerprint density at radius 3 is 2.44 bits per heavy atom. The van der Waals surface area contributed by atoms with Crippen LogP contribution in [0.2, 0.25) is 0 Å². The topological polar surface area (TPSA) is 41.5 Å². The van der Waals surface area contributed by atoms with E-state index >= 15 is 0 Å². The Kier molecular flexibility index (Phi) is 4.43. The minimum absolute atomic E-state index is 0.228. The molecule has 0 aromatic rings. The Morgan fingerprint density at radius 2 is 1.83 bits per heavy atom. The zero-order valence-electron chi connectivity index (χ0n) is 11.6. The van der Waals surface area contributed by atoms with E-state index in [0.717, 1.165) is 37.8 Å². The predicted molar refractivity (Wildman–Crippen MR) is 70.5 cm³/mol. The van der Waals surface area contributed by atoms with Crippen molar-refractivity contribution in [1.29, 1.82) is 0 Å². The summed E-state index contributed by atoms with van der Waals surface area (Å²) in [6, 6.07) is 0.